The Morgan fingerprint density at radius 1 is 0.976 bits per heavy atom. The van der Waals surface area contributed by atoms with Gasteiger partial charge in [0.25, 0.3) is 5.91 Å². The van der Waals surface area contributed by atoms with Gasteiger partial charge in [-0.3, -0.25) is 14.5 Å². The van der Waals surface area contributed by atoms with Crippen molar-refractivity contribution in [3.63, 3.8) is 0 Å². The molecule has 5 rings (SSSR count). The normalized spacial score (nSPS) is 17.9. The number of carbonyl (C=O) groups is 2. The molecule has 0 spiro atoms. The summed E-state index contributed by atoms with van der Waals surface area (Å²) in [6.45, 7) is 7.84. The summed E-state index contributed by atoms with van der Waals surface area (Å²) in [6, 6.07) is 19.3. The number of halogens is 1. The van der Waals surface area contributed by atoms with E-state index >= 15 is 0 Å². The Kier molecular flexibility index (Phi) is 9.64. The van der Waals surface area contributed by atoms with Crippen molar-refractivity contribution in [2.24, 2.45) is 0 Å². The van der Waals surface area contributed by atoms with Gasteiger partial charge in [0, 0.05) is 70.0 Å². The third-order valence-corrected chi connectivity index (χ3v) is 8.51. The van der Waals surface area contributed by atoms with Crippen LogP contribution < -0.4 is 9.64 Å². The van der Waals surface area contributed by atoms with Gasteiger partial charge in [-0.25, -0.2) is 9.97 Å². The van der Waals surface area contributed by atoms with E-state index in [1.807, 2.05) is 41.0 Å². The molecule has 216 valence electrons. The summed E-state index contributed by atoms with van der Waals surface area (Å²) < 4.78 is 5.28. The van der Waals surface area contributed by atoms with E-state index in [1.54, 1.807) is 19.2 Å². The van der Waals surface area contributed by atoms with Gasteiger partial charge in [-0.1, -0.05) is 59.8 Å². The lowest BCUT2D eigenvalue weighted by atomic mass is 10.1. The minimum absolute atomic E-state index is 0.0209. The number of benzene rings is 2. The molecular weight excluding hydrogens is 560 g/mol. The maximum Gasteiger partial charge on any atom is 0.254 e. The molecule has 2 aliphatic rings. The Morgan fingerprint density at radius 3 is 2.49 bits per heavy atom. The first-order chi connectivity index (χ1) is 19.9. The maximum absolute atomic E-state index is 13.2. The van der Waals surface area contributed by atoms with Crippen molar-refractivity contribution in [1.82, 2.24) is 24.7 Å². The van der Waals surface area contributed by atoms with Crippen molar-refractivity contribution < 1.29 is 14.3 Å². The molecule has 2 saturated heterocycles. The Balaban J connectivity index is 1.13. The van der Waals surface area contributed by atoms with Crippen molar-refractivity contribution in [3.05, 3.63) is 76.9 Å². The summed E-state index contributed by atoms with van der Waals surface area (Å²) in [7, 11) is 1.59. The van der Waals surface area contributed by atoms with Crippen LogP contribution in [-0.2, 0) is 11.3 Å². The van der Waals surface area contributed by atoms with E-state index in [0.717, 1.165) is 19.6 Å². The summed E-state index contributed by atoms with van der Waals surface area (Å²) >= 11 is 7.68. The summed E-state index contributed by atoms with van der Waals surface area (Å²) in [4.78, 5) is 43.5. The smallest absolute Gasteiger partial charge is 0.254 e. The molecular formula is C30H35ClN6O3S. The van der Waals surface area contributed by atoms with Crippen LogP contribution in [0.3, 0.4) is 0 Å². The Labute approximate surface area is 250 Å². The second-order valence-electron chi connectivity index (χ2n) is 10.3. The minimum atomic E-state index is -0.0329. The fourth-order valence-corrected chi connectivity index (χ4v) is 6.20. The number of hydrogen-bond acceptors (Lipinski definition) is 8. The van der Waals surface area contributed by atoms with E-state index in [4.69, 9.17) is 21.3 Å². The van der Waals surface area contributed by atoms with Crippen molar-refractivity contribution >= 4 is 41.0 Å². The largest absolute Gasteiger partial charge is 0.497 e. The Hall–Kier alpha value is -3.34. The predicted octanol–water partition coefficient (Wildman–Crippen LogP) is 3.93. The fourth-order valence-electron chi connectivity index (χ4n) is 5.22. The molecule has 41 heavy (non-hydrogen) atoms. The molecule has 11 heteroatoms. The quantitative estimate of drug-likeness (QED) is 0.220. The van der Waals surface area contributed by atoms with Gasteiger partial charge in [0.15, 0.2) is 5.16 Å². The van der Waals surface area contributed by atoms with Crippen LogP contribution in [0.4, 0.5) is 5.82 Å². The van der Waals surface area contributed by atoms with E-state index in [0.29, 0.717) is 60.2 Å². The zero-order chi connectivity index (χ0) is 28.8. The molecule has 2 aromatic carbocycles. The van der Waals surface area contributed by atoms with Crippen LogP contribution in [0.1, 0.15) is 22.8 Å². The van der Waals surface area contributed by atoms with Gasteiger partial charge < -0.3 is 19.4 Å². The Morgan fingerprint density at radius 2 is 1.76 bits per heavy atom. The molecule has 2 fully saturated rings. The lowest BCUT2D eigenvalue weighted by molar-refractivity contribution is -0.130. The van der Waals surface area contributed by atoms with E-state index in [9.17, 15) is 9.59 Å². The number of carbonyl (C=O) groups excluding carboxylic acids is 2. The molecule has 0 N–H and O–H groups in total. The molecule has 0 bridgehead atoms. The maximum atomic E-state index is 13.2. The molecule has 0 saturated carbocycles. The number of methoxy groups -OCH3 is 1. The summed E-state index contributed by atoms with van der Waals surface area (Å²) in [5.41, 5.74) is 1.90. The summed E-state index contributed by atoms with van der Waals surface area (Å²) in [5, 5.41) is 0.813. The lowest BCUT2D eigenvalue weighted by Gasteiger charge is -2.40. The molecule has 2 aliphatic heterocycles. The van der Waals surface area contributed by atoms with Crippen molar-refractivity contribution in [1.29, 1.82) is 0 Å². The fraction of sp³-hybridized carbons (Fsp3) is 0.400. The zero-order valence-electron chi connectivity index (χ0n) is 23.4. The van der Waals surface area contributed by atoms with E-state index in [2.05, 4.69) is 39.0 Å². The van der Waals surface area contributed by atoms with Gasteiger partial charge in [0.2, 0.25) is 5.91 Å². The number of anilines is 1. The highest BCUT2D eigenvalue weighted by Gasteiger charge is 2.29. The number of aromatic nitrogens is 2. The number of amides is 2. The standard InChI is InChI=1S/C30H35ClN6O3S/c1-22-19-36(15-16-37(22)29(39)24-9-6-10-25(17-24)40-2)27-18-26(31)32-30(33-27)41-21-28(38)35-13-11-34(12-14-35)20-23-7-4-3-5-8-23/h3-10,17-18,22H,11-16,19-21H2,1-2H3. The van der Waals surface area contributed by atoms with E-state index in [1.165, 1.54) is 17.3 Å². The van der Waals surface area contributed by atoms with E-state index < -0.39 is 0 Å². The van der Waals surface area contributed by atoms with Gasteiger partial charge in [-0.05, 0) is 30.7 Å². The van der Waals surface area contributed by atoms with Crippen LogP contribution in [0.2, 0.25) is 5.15 Å². The third-order valence-electron chi connectivity index (χ3n) is 7.49. The first-order valence-electron chi connectivity index (χ1n) is 13.8. The first-order valence-corrected chi connectivity index (χ1v) is 15.2. The second-order valence-corrected chi connectivity index (χ2v) is 11.6. The van der Waals surface area contributed by atoms with Gasteiger partial charge >= 0.3 is 0 Å². The first kappa shape index (κ1) is 29.2. The monoisotopic (exact) mass is 594 g/mol. The highest BCUT2D eigenvalue weighted by atomic mass is 35.5. The SMILES string of the molecule is COc1cccc(C(=O)N2CCN(c3cc(Cl)nc(SCC(=O)N4CCN(Cc5ccccc5)CC4)n3)CC2C)c1. The van der Waals surface area contributed by atoms with Crippen molar-refractivity contribution in [3.8, 4) is 5.75 Å². The molecule has 3 heterocycles. The lowest BCUT2D eigenvalue weighted by Crippen LogP contribution is -2.54. The van der Waals surface area contributed by atoms with Gasteiger partial charge in [-0.15, -0.1) is 0 Å². The van der Waals surface area contributed by atoms with Crippen molar-refractivity contribution in [2.45, 2.75) is 24.7 Å². The molecule has 9 nitrogen and oxygen atoms in total. The number of hydrogen-bond donors (Lipinski definition) is 0. The van der Waals surface area contributed by atoms with Crippen LogP contribution in [0.5, 0.6) is 5.75 Å². The van der Waals surface area contributed by atoms with Crippen LogP contribution in [0.25, 0.3) is 0 Å². The molecule has 3 aromatic rings. The third kappa shape index (κ3) is 7.49. The second kappa shape index (κ2) is 13.5. The summed E-state index contributed by atoms with van der Waals surface area (Å²) in [6.07, 6.45) is 0. The highest BCUT2D eigenvalue weighted by molar-refractivity contribution is 7.99. The number of rotatable bonds is 8. The highest BCUT2D eigenvalue weighted by Crippen LogP contribution is 2.25. The van der Waals surface area contributed by atoms with Crippen LogP contribution >= 0.6 is 23.4 Å². The van der Waals surface area contributed by atoms with Crippen LogP contribution in [-0.4, -0.2) is 101 Å². The average Bonchev–Trinajstić information content (AvgIpc) is 3.00. The average molecular weight is 595 g/mol. The van der Waals surface area contributed by atoms with Gasteiger partial charge in [-0.2, -0.15) is 0 Å². The molecule has 0 radical (unpaired) electrons. The molecule has 0 aliphatic carbocycles. The minimum Gasteiger partial charge on any atom is -0.497 e. The summed E-state index contributed by atoms with van der Waals surface area (Å²) in [5.74, 6) is 1.68. The number of ether oxygens (including phenoxy) is 1. The van der Waals surface area contributed by atoms with E-state index in [-0.39, 0.29) is 23.6 Å². The predicted molar refractivity (Wildman–Crippen MR) is 162 cm³/mol. The van der Waals surface area contributed by atoms with Crippen LogP contribution in [0, 0.1) is 0 Å². The van der Waals surface area contributed by atoms with Crippen molar-refractivity contribution in [2.75, 3.05) is 63.6 Å². The molecule has 1 atom stereocenters. The zero-order valence-corrected chi connectivity index (χ0v) is 25.0. The molecule has 2 amide bonds. The van der Waals surface area contributed by atoms with Gasteiger partial charge in [0.1, 0.15) is 16.7 Å². The Bertz CT molecular complexity index is 1360. The topological polar surface area (TPSA) is 82.1 Å². The van der Waals surface area contributed by atoms with Crippen LogP contribution in [0.15, 0.2) is 65.8 Å². The molecule has 1 aromatic heterocycles. The number of nitrogens with zero attached hydrogens (tertiary/aromatic N) is 6. The molecule has 1 unspecified atom stereocenters. The number of thioether (sulfide) groups is 1. The van der Waals surface area contributed by atoms with Gasteiger partial charge in [0.05, 0.1) is 12.9 Å². The number of piperazine rings is 2.